The first-order chi connectivity index (χ1) is 9.74. The van der Waals surface area contributed by atoms with E-state index in [1.54, 1.807) is 0 Å². The summed E-state index contributed by atoms with van der Waals surface area (Å²) in [5, 5.41) is 0. The van der Waals surface area contributed by atoms with Crippen molar-refractivity contribution in [2.45, 2.75) is 25.8 Å². The summed E-state index contributed by atoms with van der Waals surface area (Å²) in [4.78, 5) is 6.28. The highest BCUT2D eigenvalue weighted by molar-refractivity contribution is 5.13. The summed E-state index contributed by atoms with van der Waals surface area (Å²) in [5.74, 6) is 1.97. The van der Waals surface area contributed by atoms with E-state index >= 15 is 0 Å². The average Bonchev–Trinajstić information content (AvgIpc) is 2.96. The fourth-order valence-electron chi connectivity index (χ4n) is 2.29. The highest BCUT2D eigenvalue weighted by Crippen LogP contribution is 2.21. The van der Waals surface area contributed by atoms with Gasteiger partial charge in [-0.2, -0.15) is 0 Å². The summed E-state index contributed by atoms with van der Waals surface area (Å²) in [7, 11) is 2.09. The van der Waals surface area contributed by atoms with Gasteiger partial charge >= 0.3 is 0 Å². The Morgan fingerprint density at radius 1 is 1.25 bits per heavy atom. The van der Waals surface area contributed by atoms with Gasteiger partial charge in [-0.25, -0.2) is 0 Å². The first-order valence-corrected chi connectivity index (χ1v) is 7.12. The van der Waals surface area contributed by atoms with Gasteiger partial charge in [0, 0.05) is 31.9 Å². The Morgan fingerprint density at radius 2 is 2.00 bits per heavy atom. The molecule has 0 radical (unpaired) electrons. The molecule has 0 saturated heterocycles. The zero-order valence-corrected chi connectivity index (χ0v) is 12.2. The van der Waals surface area contributed by atoms with E-state index in [9.17, 15) is 0 Å². The Hall–Kier alpha value is -1.65. The normalized spacial score (nSPS) is 12.8. The minimum atomic E-state index is 0.136. The molecule has 0 aliphatic rings. The van der Waals surface area contributed by atoms with Crippen LogP contribution >= 0.6 is 0 Å². The van der Waals surface area contributed by atoms with Gasteiger partial charge in [-0.15, -0.1) is 0 Å². The average molecular weight is 273 g/mol. The third kappa shape index (κ3) is 3.68. The molecule has 1 unspecified atom stereocenters. The lowest BCUT2D eigenvalue weighted by Gasteiger charge is -2.25. The predicted octanol–water partition coefficient (Wildman–Crippen LogP) is 2.41. The third-order valence-electron chi connectivity index (χ3n) is 3.62. The second-order valence-corrected chi connectivity index (χ2v) is 5.00. The zero-order valence-electron chi connectivity index (χ0n) is 12.2. The minimum absolute atomic E-state index is 0.136. The van der Waals surface area contributed by atoms with Gasteiger partial charge < -0.3 is 10.2 Å². The summed E-state index contributed by atoms with van der Waals surface area (Å²) in [6.07, 6.45) is 5.56. The second-order valence-electron chi connectivity index (χ2n) is 5.00. The van der Waals surface area contributed by atoms with Gasteiger partial charge in [-0.05, 0) is 43.3 Å². The van der Waals surface area contributed by atoms with Gasteiger partial charge in [0.05, 0.1) is 6.04 Å². The molecule has 4 nitrogen and oxygen atoms in total. The number of pyridine rings is 1. The molecular formula is C16H23N3O. The topological polar surface area (TPSA) is 55.3 Å². The molecule has 2 N–H and O–H groups in total. The highest BCUT2D eigenvalue weighted by Gasteiger charge is 2.18. The smallest absolute Gasteiger partial charge is 0.122 e. The Balaban J connectivity index is 1.96. The molecule has 2 aromatic rings. The molecule has 0 bridgehead atoms. The molecule has 0 amide bonds. The maximum atomic E-state index is 5.91. The van der Waals surface area contributed by atoms with Crippen LogP contribution in [0.3, 0.4) is 0 Å². The molecule has 0 aromatic carbocycles. The van der Waals surface area contributed by atoms with E-state index in [-0.39, 0.29) is 6.04 Å². The van der Waals surface area contributed by atoms with Crippen molar-refractivity contribution in [3.05, 3.63) is 53.7 Å². The molecular weight excluding hydrogens is 250 g/mol. The number of nitrogens with zero attached hydrogens (tertiary/aromatic N) is 2. The number of likely N-dealkylation sites (N-methyl/N-ethyl adjacent to an activating group) is 1. The number of furan rings is 1. The highest BCUT2D eigenvalue weighted by atomic mass is 16.3. The monoisotopic (exact) mass is 273 g/mol. The van der Waals surface area contributed by atoms with Crippen LogP contribution in [0.25, 0.3) is 0 Å². The van der Waals surface area contributed by atoms with Gasteiger partial charge in [0.25, 0.3) is 0 Å². The lowest BCUT2D eigenvalue weighted by atomic mass is 10.1. The van der Waals surface area contributed by atoms with E-state index in [1.165, 1.54) is 5.56 Å². The van der Waals surface area contributed by atoms with Crippen molar-refractivity contribution in [2.24, 2.45) is 5.73 Å². The molecule has 1 atom stereocenters. The Kier molecular flexibility index (Phi) is 5.32. The van der Waals surface area contributed by atoms with Crippen LogP contribution in [0.5, 0.6) is 0 Å². The minimum Gasteiger partial charge on any atom is -0.464 e. The SMILES string of the molecule is CCc1ccc(C(CN)N(C)CCc2ccncc2)o1. The Labute approximate surface area is 120 Å². The summed E-state index contributed by atoms with van der Waals surface area (Å²) in [6, 6.07) is 8.31. The van der Waals surface area contributed by atoms with Crippen LogP contribution in [-0.4, -0.2) is 30.0 Å². The molecule has 20 heavy (non-hydrogen) atoms. The van der Waals surface area contributed by atoms with Crippen LogP contribution < -0.4 is 5.73 Å². The van der Waals surface area contributed by atoms with Crippen LogP contribution in [0.4, 0.5) is 0 Å². The van der Waals surface area contributed by atoms with Crippen LogP contribution in [0.2, 0.25) is 0 Å². The van der Waals surface area contributed by atoms with E-state index in [4.69, 9.17) is 10.2 Å². The summed E-state index contributed by atoms with van der Waals surface area (Å²) >= 11 is 0. The maximum Gasteiger partial charge on any atom is 0.122 e. The van der Waals surface area contributed by atoms with E-state index in [0.29, 0.717) is 6.54 Å². The van der Waals surface area contributed by atoms with E-state index < -0.39 is 0 Å². The van der Waals surface area contributed by atoms with Gasteiger partial charge in [-0.3, -0.25) is 9.88 Å². The molecule has 0 saturated carbocycles. The molecule has 0 aliphatic carbocycles. The van der Waals surface area contributed by atoms with Crippen molar-refractivity contribution < 1.29 is 4.42 Å². The van der Waals surface area contributed by atoms with Crippen LogP contribution in [0.15, 0.2) is 41.1 Å². The van der Waals surface area contributed by atoms with Crippen molar-refractivity contribution in [2.75, 3.05) is 20.1 Å². The maximum absolute atomic E-state index is 5.91. The Bertz CT molecular complexity index is 509. The van der Waals surface area contributed by atoms with Crippen molar-refractivity contribution in [1.29, 1.82) is 0 Å². The van der Waals surface area contributed by atoms with Crippen molar-refractivity contribution in [3.63, 3.8) is 0 Å². The summed E-state index contributed by atoms with van der Waals surface area (Å²) < 4.78 is 5.83. The molecule has 2 heterocycles. The standard InChI is InChI=1S/C16H23N3O/c1-3-14-4-5-16(20-14)15(12-17)19(2)11-8-13-6-9-18-10-7-13/h4-7,9-10,15H,3,8,11-12,17H2,1-2H3. The fraction of sp³-hybridized carbons (Fsp3) is 0.438. The van der Waals surface area contributed by atoms with Crippen molar-refractivity contribution in [1.82, 2.24) is 9.88 Å². The summed E-state index contributed by atoms with van der Waals surface area (Å²) in [5.41, 5.74) is 7.20. The molecule has 2 aromatic heterocycles. The molecule has 2 rings (SSSR count). The first-order valence-electron chi connectivity index (χ1n) is 7.12. The van der Waals surface area contributed by atoms with Crippen LogP contribution in [0, 0.1) is 0 Å². The van der Waals surface area contributed by atoms with Crippen LogP contribution in [-0.2, 0) is 12.8 Å². The number of hydrogen-bond acceptors (Lipinski definition) is 4. The van der Waals surface area contributed by atoms with Crippen molar-refractivity contribution >= 4 is 0 Å². The number of rotatable bonds is 7. The predicted molar refractivity (Wildman–Crippen MR) is 80.5 cm³/mol. The molecule has 0 aliphatic heterocycles. The van der Waals surface area contributed by atoms with Gasteiger partial charge in [0.15, 0.2) is 0 Å². The first kappa shape index (κ1) is 14.8. The van der Waals surface area contributed by atoms with Gasteiger partial charge in [0.1, 0.15) is 11.5 Å². The van der Waals surface area contributed by atoms with Crippen molar-refractivity contribution in [3.8, 4) is 0 Å². The molecule has 0 spiro atoms. The zero-order chi connectivity index (χ0) is 14.4. The van der Waals surface area contributed by atoms with Gasteiger partial charge in [0.2, 0.25) is 0 Å². The lowest BCUT2D eigenvalue weighted by molar-refractivity contribution is 0.220. The van der Waals surface area contributed by atoms with E-state index in [1.807, 2.05) is 36.7 Å². The lowest BCUT2D eigenvalue weighted by Crippen LogP contribution is -2.31. The summed E-state index contributed by atoms with van der Waals surface area (Å²) in [6.45, 7) is 3.59. The van der Waals surface area contributed by atoms with E-state index in [0.717, 1.165) is 30.9 Å². The number of aryl methyl sites for hydroxylation is 1. The van der Waals surface area contributed by atoms with Gasteiger partial charge in [-0.1, -0.05) is 6.92 Å². The second kappa shape index (κ2) is 7.22. The number of hydrogen-bond donors (Lipinski definition) is 1. The van der Waals surface area contributed by atoms with E-state index in [2.05, 4.69) is 23.9 Å². The molecule has 108 valence electrons. The largest absolute Gasteiger partial charge is 0.464 e. The molecule has 0 fully saturated rings. The van der Waals surface area contributed by atoms with Crippen LogP contribution in [0.1, 0.15) is 30.0 Å². The molecule has 4 heteroatoms. The Morgan fingerprint density at radius 3 is 2.60 bits per heavy atom. The third-order valence-corrected chi connectivity index (χ3v) is 3.62. The number of nitrogens with two attached hydrogens (primary N) is 1. The fourth-order valence-corrected chi connectivity index (χ4v) is 2.29. The quantitative estimate of drug-likeness (QED) is 0.841. The number of aromatic nitrogens is 1.